The molecule has 33 heavy (non-hydrogen) atoms. The van der Waals surface area contributed by atoms with Crippen molar-refractivity contribution in [2.75, 3.05) is 6.61 Å². The lowest BCUT2D eigenvalue weighted by atomic mass is 9.98. The van der Waals surface area contributed by atoms with Crippen molar-refractivity contribution in [3.05, 3.63) is 85.6 Å². The Balaban J connectivity index is 2.00. The van der Waals surface area contributed by atoms with Crippen LogP contribution in [0.2, 0.25) is 5.02 Å². The topological polar surface area (TPSA) is 78.4 Å². The summed E-state index contributed by atoms with van der Waals surface area (Å²) in [4.78, 5) is 26.5. The van der Waals surface area contributed by atoms with Gasteiger partial charge in [0.2, 0.25) is 0 Å². The van der Waals surface area contributed by atoms with Gasteiger partial charge in [0.05, 0.1) is 34.4 Å². The average molecular weight is 466 g/mol. The lowest BCUT2D eigenvalue weighted by Gasteiger charge is -2.39. The van der Waals surface area contributed by atoms with E-state index in [1.807, 2.05) is 26.0 Å². The van der Waals surface area contributed by atoms with Crippen LogP contribution in [0.5, 0.6) is 5.75 Å². The van der Waals surface area contributed by atoms with Crippen molar-refractivity contribution in [3.63, 3.8) is 0 Å². The van der Waals surface area contributed by atoms with E-state index in [2.05, 4.69) is 4.57 Å². The Morgan fingerprint density at radius 3 is 2.27 bits per heavy atom. The number of hydrogen-bond donors (Lipinski definition) is 1. The molecule has 2 aromatic heterocycles. The zero-order valence-corrected chi connectivity index (χ0v) is 19.6. The van der Waals surface area contributed by atoms with Gasteiger partial charge >= 0.3 is 5.69 Å². The van der Waals surface area contributed by atoms with Crippen LogP contribution in [0.4, 0.5) is 0 Å². The first kappa shape index (κ1) is 21.6. The van der Waals surface area contributed by atoms with Gasteiger partial charge in [-0.05, 0) is 49.2 Å². The number of phenolic OH excluding ortho intramolecular Hbond substituents is 1. The molecule has 7 nitrogen and oxygen atoms in total. The average Bonchev–Trinajstić information content (AvgIpc) is 3.15. The Morgan fingerprint density at radius 1 is 1.00 bits per heavy atom. The van der Waals surface area contributed by atoms with E-state index < -0.39 is 17.3 Å². The molecule has 0 fully saturated rings. The van der Waals surface area contributed by atoms with Gasteiger partial charge in [0.25, 0.3) is 5.56 Å². The molecule has 3 heterocycles. The highest BCUT2D eigenvalue weighted by Crippen LogP contribution is 2.45. The monoisotopic (exact) mass is 465 g/mol. The van der Waals surface area contributed by atoms with Crippen molar-refractivity contribution in [1.29, 1.82) is 0 Å². The van der Waals surface area contributed by atoms with Crippen LogP contribution in [0.3, 0.4) is 0 Å². The summed E-state index contributed by atoms with van der Waals surface area (Å²) in [5, 5.41) is 10.8. The lowest BCUT2D eigenvalue weighted by Crippen LogP contribution is -2.40. The second-order valence-electron chi connectivity index (χ2n) is 9.10. The largest absolute Gasteiger partial charge is 0.508 e. The number of aromatic hydroxyl groups is 1. The molecule has 0 saturated carbocycles. The van der Waals surface area contributed by atoms with Crippen LogP contribution in [0.1, 0.15) is 31.2 Å². The summed E-state index contributed by atoms with van der Waals surface area (Å²) in [5.74, 6) is 0.151. The van der Waals surface area contributed by atoms with Crippen LogP contribution < -0.4 is 11.2 Å². The maximum atomic E-state index is 13.5. The molecule has 2 aromatic carbocycles. The van der Waals surface area contributed by atoms with Crippen LogP contribution in [0.15, 0.2) is 58.1 Å². The number of halogens is 1. The van der Waals surface area contributed by atoms with E-state index in [1.165, 1.54) is 11.6 Å². The number of aromatic nitrogens is 3. The molecule has 0 saturated heterocycles. The highest BCUT2D eigenvalue weighted by atomic mass is 35.5. The van der Waals surface area contributed by atoms with E-state index in [1.54, 1.807) is 43.4 Å². The number of benzene rings is 2. The van der Waals surface area contributed by atoms with Gasteiger partial charge in [0.15, 0.2) is 0 Å². The van der Waals surface area contributed by atoms with Crippen molar-refractivity contribution in [2.45, 2.75) is 25.5 Å². The maximum absolute atomic E-state index is 13.5. The number of phenols is 1. The first-order valence-electron chi connectivity index (χ1n) is 10.6. The third kappa shape index (κ3) is 3.14. The molecule has 0 unspecified atom stereocenters. The Kier molecular flexibility index (Phi) is 4.81. The van der Waals surface area contributed by atoms with Crippen LogP contribution in [0, 0.1) is 0 Å². The lowest BCUT2D eigenvalue weighted by molar-refractivity contribution is -0.00708. The summed E-state index contributed by atoms with van der Waals surface area (Å²) in [5.41, 5.74) is 2.37. The number of rotatable bonds is 2. The van der Waals surface area contributed by atoms with Crippen LogP contribution in [-0.4, -0.2) is 25.4 Å². The Morgan fingerprint density at radius 2 is 1.64 bits per heavy atom. The van der Waals surface area contributed by atoms with E-state index >= 15 is 0 Å². The molecular formula is C25H24ClN3O4. The van der Waals surface area contributed by atoms with Crippen molar-refractivity contribution in [1.82, 2.24) is 13.7 Å². The zero-order chi connectivity index (χ0) is 23.7. The van der Waals surface area contributed by atoms with Crippen molar-refractivity contribution < 1.29 is 9.84 Å². The Labute approximate surface area is 195 Å². The quantitative estimate of drug-likeness (QED) is 0.486. The van der Waals surface area contributed by atoms with E-state index in [-0.39, 0.29) is 11.3 Å². The van der Waals surface area contributed by atoms with Gasteiger partial charge in [0.1, 0.15) is 11.9 Å². The number of ether oxygens (including phenoxy) is 1. The number of aryl methyl sites for hydroxylation is 1. The second-order valence-corrected chi connectivity index (χ2v) is 9.54. The molecule has 1 atom stereocenters. The standard InChI is InChI=1S/C25H24ClN3O4/c1-25(2)13-33-22(15-7-11-17(30)12-8-15)21-20-18(23(31)28(4)24(32)27(20)3)19(29(21)25)14-5-9-16(26)10-6-14/h5-12,22,30H,13H2,1-4H3/t22-/m1/s1. The van der Waals surface area contributed by atoms with Crippen molar-refractivity contribution in [2.24, 2.45) is 14.1 Å². The summed E-state index contributed by atoms with van der Waals surface area (Å²) in [7, 11) is 3.16. The summed E-state index contributed by atoms with van der Waals surface area (Å²) in [6.07, 6.45) is -0.528. The summed E-state index contributed by atoms with van der Waals surface area (Å²) in [6, 6.07) is 14.1. The minimum atomic E-state index is -0.528. The van der Waals surface area contributed by atoms with Gasteiger partial charge < -0.3 is 14.4 Å². The van der Waals surface area contributed by atoms with Gasteiger partial charge in [0, 0.05) is 19.1 Å². The number of nitrogens with zero attached hydrogens (tertiary/aromatic N) is 3. The first-order chi connectivity index (χ1) is 15.6. The third-order valence-corrected chi connectivity index (χ3v) is 6.63. The van der Waals surface area contributed by atoms with Gasteiger partial charge in [-0.1, -0.05) is 35.9 Å². The van der Waals surface area contributed by atoms with Crippen LogP contribution in [-0.2, 0) is 24.4 Å². The van der Waals surface area contributed by atoms with E-state index in [9.17, 15) is 14.7 Å². The second kappa shape index (κ2) is 7.37. The smallest absolute Gasteiger partial charge is 0.331 e. The molecule has 0 spiro atoms. The van der Waals surface area contributed by atoms with Gasteiger partial charge in [-0.3, -0.25) is 13.9 Å². The molecule has 170 valence electrons. The predicted octanol–water partition coefficient (Wildman–Crippen LogP) is 3.92. The SMILES string of the molecule is Cn1c(=O)c2c(-c3ccc(Cl)cc3)n3c(c2n(C)c1=O)[C@@H](c1ccc(O)cc1)OCC3(C)C. The molecular weight excluding hydrogens is 442 g/mol. The number of fused-ring (bicyclic) bond motifs is 3. The van der Waals surface area contributed by atoms with Crippen LogP contribution in [0.25, 0.3) is 22.2 Å². The molecule has 0 bridgehead atoms. The minimum Gasteiger partial charge on any atom is -0.508 e. The Bertz CT molecular complexity index is 1510. The molecule has 5 rings (SSSR count). The van der Waals surface area contributed by atoms with Crippen molar-refractivity contribution >= 4 is 22.5 Å². The zero-order valence-electron chi connectivity index (χ0n) is 18.8. The third-order valence-electron chi connectivity index (χ3n) is 6.38. The molecule has 0 radical (unpaired) electrons. The van der Waals surface area contributed by atoms with E-state index in [0.29, 0.717) is 22.5 Å². The Hall–Kier alpha value is -3.29. The minimum absolute atomic E-state index is 0.151. The van der Waals surface area contributed by atoms with Gasteiger partial charge in [-0.2, -0.15) is 0 Å². The molecule has 4 aromatic rings. The van der Waals surface area contributed by atoms with E-state index in [4.69, 9.17) is 16.3 Å². The summed E-state index contributed by atoms with van der Waals surface area (Å²) < 4.78 is 11.1. The molecule has 1 aliphatic heterocycles. The predicted molar refractivity (Wildman–Crippen MR) is 128 cm³/mol. The summed E-state index contributed by atoms with van der Waals surface area (Å²) in [6.45, 7) is 4.48. The number of hydrogen-bond acceptors (Lipinski definition) is 4. The van der Waals surface area contributed by atoms with Gasteiger partial charge in [-0.25, -0.2) is 4.79 Å². The van der Waals surface area contributed by atoms with Crippen molar-refractivity contribution in [3.8, 4) is 17.0 Å². The summed E-state index contributed by atoms with van der Waals surface area (Å²) >= 11 is 6.15. The highest BCUT2D eigenvalue weighted by Gasteiger charge is 2.40. The molecule has 8 heteroatoms. The molecule has 0 amide bonds. The maximum Gasteiger partial charge on any atom is 0.331 e. The van der Waals surface area contributed by atoms with E-state index in [0.717, 1.165) is 27.1 Å². The van der Waals surface area contributed by atoms with Crippen LogP contribution >= 0.6 is 11.6 Å². The fraction of sp³-hybridized carbons (Fsp3) is 0.280. The fourth-order valence-electron chi connectivity index (χ4n) is 4.78. The highest BCUT2D eigenvalue weighted by molar-refractivity contribution is 6.30. The molecule has 1 N–H and O–H groups in total. The fourth-order valence-corrected chi connectivity index (χ4v) is 4.91. The molecule has 1 aliphatic rings. The first-order valence-corrected chi connectivity index (χ1v) is 11.0. The molecule has 0 aliphatic carbocycles. The normalized spacial score (nSPS) is 17.3. The van der Waals surface area contributed by atoms with Gasteiger partial charge in [-0.15, -0.1) is 0 Å².